The summed E-state index contributed by atoms with van der Waals surface area (Å²) < 4.78 is 0. The van der Waals surface area contributed by atoms with E-state index >= 15 is 0 Å². The molecule has 0 amide bonds. The summed E-state index contributed by atoms with van der Waals surface area (Å²) in [6, 6.07) is 14.8. The minimum atomic E-state index is 0.957. The van der Waals surface area contributed by atoms with Crippen molar-refractivity contribution in [3.05, 3.63) is 42.5 Å². The Kier molecular flexibility index (Phi) is 3.04. The standard InChI is InChI=1S/C12H12BrN/c13-7-8-14-12-6-5-10-3-1-2-4-11(10)9-12/h1-6,9,14H,7-8H2. The van der Waals surface area contributed by atoms with Crippen LogP contribution in [0.5, 0.6) is 0 Å². The van der Waals surface area contributed by atoms with E-state index in [0.717, 1.165) is 11.9 Å². The Labute approximate surface area is 92.3 Å². The molecule has 0 unspecified atom stereocenters. The van der Waals surface area contributed by atoms with Gasteiger partial charge in [0.15, 0.2) is 0 Å². The molecule has 0 fully saturated rings. The normalized spacial score (nSPS) is 10.4. The fourth-order valence-electron chi connectivity index (χ4n) is 1.49. The molecule has 1 nitrogen and oxygen atoms in total. The molecule has 0 saturated heterocycles. The molecule has 0 radical (unpaired) electrons. The van der Waals surface area contributed by atoms with Crippen LogP contribution in [0.4, 0.5) is 5.69 Å². The van der Waals surface area contributed by atoms with Crippen LogP contribution in [0.2, 0.25) is 0 Å². The number of nitrogens with one attached hydrogen (secondary N) is 1. The Morgan fingerprint density at radius 1 is 1.00 bits per heavy atom. The highest BCUT2D eigenvalue weighted by Gasteiger charge is 1.94. The van der Waals surface area contributed by atoms with Crippen LogP contribution < -0.4 is 5.32 Å². The third kappa shape index (κ3) is 2.07. The molecule has 0 atom stereocenters. The number of fused-ring (bicyclic) bond motifs is 1. The lowest BCUT2D eigenvalue weighted by atomic mass is 10.1. The zero-order chi connectivity index (χ0) is 9.80. The monoisotopic (exact) mass is 249 g/mol. The average molecular weight is 250 g/mol. The van der Waals surface area contributed by atoms with Crippen LogP contribution in [0.3, 0.4) is 0 Å². The van der Waals surface area contributed by atoms with E-state index in [-0.39, 0.29) is 0 Å². The number of anilines is 1. The van der Waals surface area contributed by atoms with Gasteiger partial charge in [-0.2, -0.15) is 0 Å². The lowest BCUT2D eigenvalue weighted by molar-refractivity contribution is 1.24. The van der Waals surface area contributed by atoms with Gasteiger partial charge in [-0.3, -0.25) is 0 Å². The number of hydrogen-bond acceptors (Lipinski definition) is 1. The van der Waals surface area contributed by atoms with Crippen molar-refractivity contribution in [2.24, 2.45) is 0 Å². The largest absolute Gasteiger partial charge is 0.384 e. The smallest absolute Gasteiger partial charge is 0.0346 e. The van der Waals surface area contributed by atoms with E-state index < -0.39 is 0 Å². The molecule has 72 valence electrons. The Bertz CT molecular complexity index is 425. The van der Waals surface area contributed by atoms with Crippen molar-refractivity contribution < 1.29 is 0 Å². The number of benzene rings is 2. The zero-order valence-corrected chi connectivity index (χ0v) is 9.42. The molecule has 2 aromatic rings. The Hall–Kier alpha value is -1.02. The number of alkyl halides is 1. The van der Waals surface area contributed by atoms with Crippen LogP contribution in [0.25, 0.3) is 10.8 Å². The number of rotatable bonds is 3. The summed E-state index contributed by atoms with van der Waals surface area (Å²) in [5, 5.41) is 6.88. The van der Waals surface area contributed by atoms with Crippen LogP contribution in [-0.4, -0.2) is 11.9 Å². The summed E-state index contributed by atoms with van der Waals surface area (Å²) in [7, 11) is 0. The molecule has 0 saturated carbocycles. The van der Waals surface area contributed by atoms with E-state index in [1.807, 2.05) is 0 Å². The first-order valence-corrected chi connectivity index (χ1v) is 5.81. The molecule has 2 heteroatoms. The predicted octanol–water partition coefficient (Wildman–Crippen LogP) is 3.65. The molecule has 1 N–H and O–H groups in total. The lowest BCUT2D eigenvalue weighted by Gasteiger charge is -2.05. The first-order chi connectivity index (χ1) is 6.90. The van der Waals surface area contributed by atoms with Gasteiger partial charge in [0.1, 0.15) is 0 Å². The molecular formula is C12H12BrN. The SMILES string of the molecule is BrCCNc1ccc2ccccc2c1. The van der Waals surface area contributed by atoms with Gasteiger partial charge in [-0.1, -0.05) is 46.3 Å². The minimum absolute atomic E-state index is 0.957. The van der Waals surface area contributed by atoms with Crippen LogP contribution in [0.15, 0.2) is 42.5 Å². The van der Waals surface area contributed by atoms with Crippen LogP contribution >= 0.6 is 15.9 Å². The first kappa shape index (κ1) is 9.53. The Morgan fingerprint density at radius 2 is 1.79 bits per heavy atom. The second kappa shape index (κ2) is 4.47. The molecule has 0 bridgehead atoms. The van der Waals surface area contributed by atoms with Crippen molar-refractivity contribution in [3.8, 4) is 0 Å². The van der Waals surface area contributed by atoms with Crippen molar-refractivity contribution >= 4 is 32.4 Å². The average Bonchev–Trinajstić information content (AvgIpc) is 2.26. The van der Waals surface area contributed by atoms with Crippen LogP contribution in [0.1, 0.15) is 0 Å². The third-order valence-electron chi connectivity index (χ3n) is 2.17. The van der Waals surface area contributed by atoms with Crippen LogP contribution in [0, 0.1) is 0 Å². The summed E-state index contributed by atoms with van der Waals surface area (Å²) in [6.45, 7) is 0.957. The molecule has 0 aliphatic heterocycles. The summed E-state index contributed by atoms with van der Waals surface area (Å²) in [6.07, 6.45) is 0. The molecule has 14 heavy (non-hydrogen) atoms. The van der Waals surface area contributed by atoms with Gasteiger partial charge in [0.2, 0.25) is 0 Å². The molecule has 0 aliphatic carbocycles. The highest BCUT2D eigenvalue weighted by molar-refractivity contribution is 9.09. The van der Waals surface area contributed by atoms with Gasteiger partial charge in [-0.15, -0.1) is 0 Å². The summed E-state index contributed by atoms with van der Waals surface area (Å²) >= 11 is 3.39. The fourth-order valence-corrected chi connectivity index (χ4v) is 1.69. The molecule has 0 spiro atoms. The quantitative estimate of drug-likeness (QED) is 0.820. The van der Waals surface area contributed by atoms with Gasteiger partial charge in [0.05, 0.1) is 0 Å². The van der Waals surface area contributed by atoms with Gasteiger partial charge >= 0.3 is 0 Å². The van der Waals surface area contributed by atoms with Crippen molar-refractivity contribution in [3.63, 3.8) is 0 Å². The maximum absolute atomic E-state index is 3.39. The number of halogens is 1. The van der Waals surface area contributed by atoms with Crippen molar-refractivity contribution in [1.82, 2.24) is 0 Å². The van der Waals surface area contributed by atoms with Crippen molar-refractivity contribution in [1.29, 1.82) is 0 Å². The van der Waals surface area contributed by atoms with E-state index in [1.165, 1.54) is 16.5 Å². The van der Waals surface area contributed by atoms with E-state index in [2.05, 4.69) is 63.7 Å². The van der Waals surface area contributed by atoms with E-state index in [0.29, 0.717) is 0 Å². The molecule has 2 aromatic carbocycles. The lowest BCUT2D eigenvalue weighted by Crippen LogP contribution is -2.01. The predicted molar refractivity (Wildman–Crippen MR) is 66.2 cm³/mol. The van der Waals surface area contributed by atoms with E-state index in [4.69, 9.17) is 0 Å². The maximum atomic E-state index is 3.39. The third-order valence-corrected chi connectivity index (χ3v) is 2.57. The Balaban J connectivity index is 2.32. The topological polar surface area (TPSA) is 12.0 Å². The zero-order valence-electron chi connectivity index (χ0n) is 7.83. The second-order valence-corrected chi connectivity index (χ2v) is 3.97. The molecule has 0 aliphatic rings. The molecule has 2 rings (SSSR count). The summed E-state index contributed by atoms with van der Waals surface area (Å²) in [5.41, 5.74) is 1.18. The molecular weight excluding hydrogens is 238 g/mol. The van der Waals surface area contributed by atoms with Gasteiger partial charge < -0.3 is 5.32 Å². The van der Waals surface area contributed by atoms with Gasteiger partial charge in [-0.25, -0.2) is 0 Å². The summed E-state index contributed by atoms with van der Waals surface area (Å²) in [4.78, 5) is 0. The molecule has 0 heterocycles. The highest BCUT2D eigenvalue weighted by Crippen LogP contribution is 2.18. The van der Waals surface area contributed by atoms with Gasteiger partial charge in [-0.05, 0) is 22.9 Å². The first-order valence-electron chi connectivity index (χ1n) is 4.69. The van der Waals surface area contributed by atoms with Gasteiger partial charge in [0.25, 0.3) is 0 Å². The maximum Gasteiger partial charge on any atom is 0.0346 e. The Morgan fingerprint density at radius 3 is 2.57 bits per heavy atom. The van der Waals surface area contributed by atoms with Crippen LogP contribution in [-0.2, 0) is 0 Å². The highest BCUT2D eigenvalue weighted by atomic mass is 79.9. The van der Waals surface area contributed by atoms with E-state index in [1.54, 1.807) is 0 Å². The summed E-state index contributed by atoms with van der Waals surface area (Å²) in [5.74, 6) is 0. The molecule has 0 aromatic heterocycles. The van der Waals surface area contributed by atoms with E-state index in [9.17, 15) is 0 Å². The second-order valence-electron chi connectivity index (χ2n) is 3.18. The van der Waals surface area contributed by atoms with Crippen molar-refractivity contribution in [2.45, 2.75) is 0 Å². The fraction of sp³-hybridized carbons (Fsp3) is 0.167. The number of hydrogen-bond donors (Lipinski definition) is 1. The van der Waals surface area contributed by atoms with Crippen molar-refractivity contribution in [2.75, 3.05) is 17.2 Å². The minimum Gasteiger partial charge on any atom is -0.384 e. The van der Waals surface area contributed by atoms with Gasteiger partial charge in [0, 0.05) is 17.6 Å².